The molecule has 3 heteroatoms. The molecule has 0 aromatic heterocycles. The van der Waals surface area contributed by atoms with Gasteiger partial charge < -0.3 is 9.47 Å². The molecule has 0 amide bonds. The third kappa shape index (κ3) is 9.83. The van der Waals surface area contributed by atoms with Crippen LogP contribution < -0.4 is 15.9 Å². The first-order chi connectivity index (χ1) is 19.9. The molecule has 3 aromatic rings. The summed E-state index contributed by atoms with van der Waals surface area (Å²) in [5.41, 5.74) is 0. The van der Waals surface area contributed by atoms with E-state index in [-0.39, 0.29) is 6.29 Å². The predicted octanol–water partition coefficient (Wildman–Crippen LogP) is 9.20. The monoisotopic (exact) mass is 559 g/mol. The fraction of sp³-hybridized carbons (Fsp3) is 0.514. The molecule has 1 atom stereocenters. The Balaban J connectivity index is 1.12. The number of benzene rings is 3. The Morgan fingerprint density at radius 1 is 0.525 bits per heavy atom. The molecule has 0 N–H and O–H groups in total. The fourth-order valence-corrected chi connectivity index (χ4v) is 10.6. The molecule has 216 valence electrons. The SMILES string of the molecule is c1ccc([P+](CCCCCCCCCCCCCCOC2CCCCO2)(c2ccccc2)c2ccccc2)cc1. The van der Waals surface area contributed by atoms with Crippen molar-refractivity contribution in [1.82, 2.24) is 0 Å². The molecular weight excluding hydrogens is 507 g/mol. The smallest absolute Gasteiger partial charge is 0.157 e. The zero-order valence-electron chi connectivity index (χ0n) is 24.7. The van der Waals surface area contributed by atoms with E-state index in [0.717, 1.165) is 19.6 Å². The van der Waals surface area contributed by atoms with Crippen LogP contribution in [0.3, 0.4) is 0 Å². The van der Waals surface area contributed by atoms with Gasteiger partial charge in [-0.05, 0) is 74.9 Å². The molecule has 1 aliphatic rings. The van der Waals surface area contributed by atoms with Crippen molar-refractivity contribution in [3.8, 4) is 0 Å². The average molecular weight is 560 g/mol. The second-order valence-corrected chi connectivity index (χ2v) is 15.1. The van der Waals surface area contributed by atoms with Gasteiger partial charge in [-0.1, -0.05) is 112 Å². The highest BCUT2D eigenvalue weighted by Gasteiger charge is 2.44. The van der Waals surface area contributed by atoms with Crippen molar-refractivity contribution < 1.29 is 9.47 Å². The van der Waals surface area contributed by atoms with Crippen LogP contribution in [-0.4, -0.2) is 25.7 Å². The summed E-state index contributed by atoms with van der Waals surface area (Å²) in [6.45, 7) is 1.75. The van der Waals surface area contributed by atoms with Gasteiger partial charge in [0, 0.05) is 13.2 Å². The molecule has 1 saturated heterocycles. The van der Waals surface area contributed by atoms with Gasteiger partial charge >= 0.3 is 0 Å². The lowest BCUT2D eigenvalue weighted by Gasteiger charge is -2.27. The van der Waals surface area contributed by atoms with E-state index in [2.05, 4.69) is 91.0 Å². The van der Waals surface area contributed by atoms with Crippen LogP contribution >= 0.6 is 7.26 Å². The second kappa shape index (κ2) is 18.4. The largest absolute Gasteiger partial charge is 0.353 e. The standard InChI is InChI=1S/C37H52O2P/c1(3-5-7-9-21-31-38-37-30-20-22-32-39-37)2-4-6-8-10-23-33-40(34-24-14-11-15-25-34,35-26-16-12-17-27-35)36-28-18-13-19-29-36/h11-19,24-29,37H,1-10,20-23,30-33H2/q+1. The Morgan fingerprint density at radius 3 is 1.38 bits per heavy atom. The number of unbranched alkanes of at least 4 members (excludes halogenated alkanes) is 11. The van der Waals surface area contributed by atoms with Gasteiger partial charge in [0.25, 0.3) is 0 Å². The fourth-order valence-electron chi connectivity index (χ4n) is 6.16. The minimum Gasteiger partial charge on any atom is -0.353 e. The predicted molar refractivity (Wildman–Crippen MR) is 175 cm³/mol. The summed E-state index contributed by atoms with van der Waals surface area (Å²) in [5.74, 6) is 0. The Hall–Kier alpha value is -1.99. The maximum absolute atomic E-state index is 5.85. The molecule has 1 heterocycles. The highest BCUT2D eigenvalue weighted by molar-refractivity contribution is 7.95. The van der Waals surface area contributed by atoms with Crippen LogP contribution in [0.15, 0.2) is 91.0 Å². The molecule has 0 aliphatic carbocycles. The summed E-state index contributed by atoms with van der Waals surface area (Å²) in [5, 5.41) is 4.54. The highest BCUT2D eigenvalue weighted by atomic mass is 31.2. The first-order valence-corrected chi connectivity index (χ1v) is 18.2. The minimum absolute atomic E-state index is 0.0783. The molecule has 0 radical (unpaired) electrons. The summed E-state index contributed by atoms with van der Waals surface area (Å²) in [4.78, 5) is 0. The van der Waals surface area contributed by atoms with E-state index in [9.17, 15) is 0 Å². The zero-order valence-corrected chi connectivity index (χ0v) is 25.6. The average Bonchev–Trinajstić information content (AvgIpc) is 3.03. The van der Waals surface area contributed by atoms with E-state index in [4.69, 9.17) is 9.47 Å². The van der Waals surface area contributed by atoms with Crippen molar-refractivity contribution in [3.05, 3.63) is 91.0 Å². The molecule has 1 aliphatic heterocycles. The van der Waals surface area contributed by atoms with E-state index in [1.165, 1.54) is 112 Å². The molecule has 2 nitrogen and oxygen atoms in total. The summed E-state index contributed by atoms with van der Waals surface area (Å²) in [7, 11) is -1.66. The van der Waals surface area contributed by atoms with Crippen molar-refractivity contribution in [2.45, 2.75) is 103 Å². The van der Waals surface area contributed by atoms with Crippen LogP contribution in [0, 0.1) is 0 Å². The third-order valence-electron chi connectivity index (χ3n) is 8.42. The van der Waals surface area contributed by atoms with E-state index in [1.54, 1.807) is 0 Å². The molecule has 3 aromatic carbocycles. The van der Waals surface area contributed by atoms with Gasteiger partial charge in [0.15, 0.2) is 6.29 Å². The van der Waals surface area contributed by atoms with E-state index in [1.807, 2.05) is 0 Å². The maximum Gasteiger partial charge on any atom is 0.157 e. The van der Waals surface area contributed by atoms with Crippen molar-refractivity contribution in [3.63, 3.8) is 0 Å². The van der Waals surface area contributed by atoms with Gasteiger partial charge in [-0.25, -0.2) is 0 Å². The number of ether oxygens (including phenoxy) is 2. The molecule has 0 bridgehead atoms. The Bertz CT molecular complexity index is 921. The second-order valence-electron chi connectivity index (χ2n) is 11.4. The van der Waals surface area contributed by atoms with Crippen LogP contribution in [-0.2, 0) is 9.47 Å². The summed E-state index contributed by atoms with van der Waals surface area (Å²) >= 11 is 0. The molecule has 1 unspecified atom stereocenters. The minimum atomic E-state index is -1.66. The number of rotatable bonds is 19. The molecule has 4 rings (SSSR count). The summed E-state index contributed by atoms with van der Waals surface area (Å²) < 4.78 is 11.5. The van der Waals surface area contributed by atoms with Crippen molar-refractivity contribution in [1.29, 1.82) is 0 Å². The van der Waals surface area contributed by atoms with Crippen molar-refractivity contribution in [2.24, 2.45) is 0 Å². The maximum atomic E-state index is 5.85. The van der Waals surface area contributed by atoms with Crippen LogP contribution in [0.1, 0.15) is 96.3 Å². The van der Waals surface area contributed by atoms with Gasteiger partial charge in [-0.15, -0.1) is 0 Å². The van der Waals surface area contributed by atoms with Gasteiger partial charge in [-0.3, -0.25) is 0 Å². The van der Waals surface area contributed by atoms with Gasteiger partial charge in [-0.2, -0.15) is 0 Å². The Morgan fingerprint density at radius 2 is 0.950 bits per heavy atom. The molecular formula is C37H52O2P+. The highest BCUT2D eigenvalue weighted by Crippen LogP contribution is 2.56. The summed E-state index contributed by atoms with van der Waals surface area (Å²) in [6, 6.07) is 34.0. The first kappa shape index (κ1) is 31.0. The first-order valence-electron chi connectivity index (χ1n) is 16.2. The van der Waals surface area contributed by atoms with Gasteiger partial charge in [0.2, 0.25) is 0 Å². The topological polar surface area (TPSA) is 18.5 Å². The van der Waals surface area contributed by atoms with E-state index in [0.29, 0.717) is 0 Å². The van der Waals surface area contributed by atoms with Gasteiger partial charge in [0.1, 0.15) is 23.2 Å². The normalized spacial score (nSPS) is 15.8. The van der Waals surface area contributed by atoms with E-state index >= 15 is 0 Å². The lowest BCUT2D eigenvalue weighted by molar-refractivity contribution is -0.162. The molecule has 40 heavy (non-hydrogen) atoms. The lowest BCUT2D eigenvalue weighted by Crippen LogP contribution is -2.33. The summed E-state index contributed by atoms with van der Waals surface area (Å²) in [6.07, 6.45) is 21.0. The Kier molecular flexibility index (Phi) is 14.3. The number of hydrogen-bond donors (Lipinski definition) is 0. The van der Waals surface area contributed by atoms with Crippen molar-refractivity contribution >= 4 is 23.2 Å². The lowest BCUT2D eigenvalue weighted by atomic mass is 10.1. The zero-order chi connectivity index (χ0) is 27.6. The third-order valence-corrected chi connectivity index (χ3v) is 12.9. The van der Waals surface area contributed by atoms with Gasteiger partial charge in [0.05, 0.1) is 6.16 Å². The van der Waals surface area contributed by atoms with E-state index < -0.39 is 7.26 Å². The Labute approximate surface area is 245 Å². The van der Waals surface area contributed by atoms with Crippen LogP contribution in [0.4, 0.5) is 0 Å². The van der Waals surface area contributed by atoms with Crippen LogP contribution in [0.5, 0.6) is 0 Å². The molecule has 1 fully saturated rings. The van der Waals surface area contributed by atoms with Crippen LogP contribution in [0.25, 0.3) is 0 Å². The molecule has 0 spiro atoms. The van der Waals surface area contributed by atoms with Crippen molar-refractivity contribution in [2.75, 3.05) is 19.4 Å². The molecule has 0 saturated carbocycles. The number of hydrogen-bond acceptors (Lipinski definition) is 2. The van der Waals surface area contributed by atoms with Crippen LogP contribution in [0.2, 0.25) is 0 Å². The quantitative estimate of drug-likeness (QED) is 0.108.